The molecule has 0 saturated heterocycles. The summed E-state index contributed by atoms with van der Waals surface area (Å²) >= 11 is 0. The molecule has 8 aromatic rings. The Kier molecular flexibility index (Phi) is 5.38. The van der Waals surface area contributed by atoms with Gasteiger partial charge in [-0.3, -0.25) is 4.57 Å². The van der Waals surface area contributed by atoms with Gasteiger partial charge in [-0.15, -0.1) is 0 Å². The van der Waals surface area contributed by atoms with Gasteiger partial charge in [-0.1, -0.05) is 109 Å². The molecule has 0 N–H and O–H groups in total. The molecule has 0 aliphatic carbocycles. The van der Waals surface area contributed by atoms with E-state index in [0.717, 1.165) is 28.0 Å². The molecule has 5 heteroatoms. The number of benzene rings is 5. The van der Waals surface area contributed by atoms with Crippen molar-refractivity contribution in [3.05, 3.63) is 140 Å². The molecular formula is C36H23N5. The van der Waals surface area contributed by atoms with E-state index >= 15 is 0 Å². The molecule has 3 heterocycles. The van der Waals surface area contributed by atoms with Crippen LogP contribution in [0.4, 0.5) is 0 Å². The zero-order valence-corrected chi connectivity index (χ0v) is 22.0. The Morgan fingerprint density at radius 3 is 1.68 bits per heavy atom. The average Bonchev–Trinajstić information content (AvgIpc) is 3.37. The van der Waals surface area contributed by atoms with Crippen molar-refractivity contribution in [2.24, 2.45) is 0 Å². The number of hydrogen-bond donors (Lipinski definition) is 0. The molecule has 5 aromatic carbocycles. The van der Waals surface area contributed by atoms with Crippen LogP contribution in [-0.4, -0.2) is 24.5 Å². The van der Waals surface area contributed by atoms with E-state index in [9.17, 15) is 0 Å². The number of pyridine rings is 1. The van der Waals surface area contributed by atoms with E-state index in [1.165, 1.54) is 21.5 Å². The summed E-state index contributed by atoms with van der Waals surface area (Å²) in [6, 6.07) is 47.5. The molecule has 0 amide bonds. The Labute approximate surface area is 236 Å². The largest absolute Gasteiger partial charge is 0.294 e. The second-order valence-electron chi connectivity index (χ2n) is 9.99. The highest BCUT2D eigenvalue weighted by molar-refractivity contribution is 6.13. The van der Waals surface area contributed by atoms with Crippen molar-refractivity contribution in [1.29, 1.82) is 0 Å². The van der Waals surface area contributed by atoms with E-state index in [1.54, 1.807) is 0 Å². The third kappa shape index (κ3) is 4.03. The first kappa shape index (κ1) is 23.2. The first-order valence-corrected chi connectivity index (χ1v) is 13.6. The van der Waals surface area contributed by atoms with Gasteiger partial charge < -0.3 is 0 Å². The summed E-state index contributed by atoms with van der Waals surface area (Å²) in [7, 11) is 0. The van der Waals surface area contributed by atoms with Gasteiger partial charge in [0, 0.05) is 21.9 Å². The van der Waals surface area contributed by atoms with Crippen LogP contribution in [0, 0.1) is 0 Å². The van der Waals surface area contributed by atoms with Gasteiger partial charge in [0.15, 0.2) is 17.5 Å². The van der Waals surface area contributed by atoms with E-state index in [2.05, 4.69) is 65.2 Å². The first-order valence-electron chi connectivity index (χ1n) is 13.6. The minimum Gasteiger partial charge on any atom is -0.294 e. The van der Waals surface area contributed by atoms with Crippen LogP contribution in [0.2, 0.25) is 0 Å². The zero-order valence-electron chi connectivity index (χ0n) is 22.0. The minimum atomic E-state index is 0.533. The SMILES string of the molecule is c1ccc(-c2nc(-c3ccccc3)nc(-c3cccc(-n4c5ccccc5c5cc6ccccc6cc54)n3)n2)cc1. The molecule has 0 aliphatic heterocycles. The maximum absolute atomic E-state index is 5.15. The molecular weight excluding hydrogens is 502 g/mol. The van der Waals surface area contributed by atoms with Gasteiger partial charge >= 0.3 is 0 Å². The monoisotopic (exact) mass is 525 g/mol. The molecule has 0 atom stereocenters. The van der Waals surface area contributed by atoms with Gasteiger partial charge in [-0.05, 0) is 41.1 Å². The van der Waals surface area contributed by atoms with Crippen molar-refractivity contribution >= 4 is 32.6 Å². The topological polar surface area (TPSA) is 56.5 Å². The fourth-order valence-electron chi connectivity index (χ4n) is 5.50. The van der Waals surface area contributed by atoms with Crippen LogP contribution in [0.25, 0.3) is 72.7 Å². The number of fused-ring (bicyclic) bond motifs is 4. The highest BCUT2D eigenvalue weighted by Crippen LogP contribution is 2.35. The summed E-state index contributed by atoms with van der Waals surface area (Å²) in [5.74, 6) is 2.58. The number of para-hydroxylation sites is 1. The third-order valence-electron chi connectivity index (χ3n) is 7.43. The normalized spacial score (nSPS) is 11.4. The molecule has 41 heavy (non-hydrogen) atoms. The quantitative estimate of drug-likeness (QED) is 0.231. The number of rotatable bonds is 4. The maximum Gasteiger partial charge on any atom is 0.182 e. The van der Waals surface area contributed by atoms with Gasteiger partial charge in [0.05, 0.1) is 11.0 Å². The van der Waals surface area contributed by atoms with E-state index in [-0.39, 0.29) is 0 Å². The standard InChI is InChI=1S/C36H23N5/c1-3-12-24(13-4-1)34-38-35(25-14-5-2-6-15-25)40-36(39-34)30-19-11-21-33(37-30)41-31-20-10-9-18-28(31)29-22-26-16-7-8-17-27(26)23-32(29)41/h1-23H. The molecule has 0 saturated carbocycles. The highest BCUT2D eigenvalue weighted by Gasteiger charge is 2.17. The molecule has 0 aliphatic rings. The van der Waals surface area contributed by atoms with Crippen LogP contribution in [-0.2, 0) is 0 Å². The summed E-state index contributed by atoms with van der Waals surface area (Å²) < 4.78 is 2.23. The van der Waals surface area contributed by atoms with E-state index in [0.29, 0.717) is 23.2 Å². The number of nitrogens with zero attached hydrogens (tertiary/aromatic N) is 5. The van der Waals surface area contributed by atoms with E-state index in [1.807, 2.05) is 78.9 Å². The van der Waals surface area contributed by atoms with Crippen molar-refractivity contribution in [2.75, 3.05) is 0 Å². The predicted molar refractivity (Wildman–Crippen MR) is 166 cm³/mol. The Hall–Kier alpha value is -5.68. The molecule has 192 valence electrons. The van der Waals surface area contributed by atoms with E-state index in [4.69, 9.17) is 19.9 Å². The first-order chi connectivity index (χ1) is 20.3. The third-order valence-corrected chi connectivity index (χ3v) is 7.43. The second kappa shape index (κ2) is 9.50. The summed E-state index contributed by atoms with van der Waals surface area (Å²) in [5, 5.41) is 4.80. The Balaban J connectivity index is 1.35. The fourth-order valence-corrected chi connectivity index (χ4v) is 5.50. The van der Waals surface area contributed by atoms with Gasteiger partial charge in [0.1, 0.15) is 11.5 Å². The van der Waals surface area contributed by atoms with Crippen LogP contribution in [0.5, 0.6) is 0 Å². The van der Waals surface area contributed by atoms with Crippen molar-refractivity contribution in [2.45, 2.75) is 0 Å². The van der Waals surface area contributed by atoms with Crippen molar-refractivity contribution in [3.63, 3.8) is 0 Å². The van der Waals surface area contributed by atoms with Crippen LogP contribution < -0.4 is 0 Å². The lowest BCUT2D eigenvalue weighted by molar-refractivity contribution is 1.03. The Morgan fingerprint density at radius 2 is 0.976 bits per heavy atom. The number of hydrogen-bond acceptors (Lipinski definition) is 4. The van der Waals surface area contributed by atoms with Gasteiger partial charge in [-0.2, -0.15) is 0 Å². The summed E-state index contributed by atoms with van der Waals surface area (Å²) in [6.45, 7) is 0. The van der Waals surface area contributed by atoms with Crippen LogP contribution in [0.1, 0.15) is 0 Å². The zero-order chi connectivity index (χ0) is 27.2. The summed E-state index contributed by atoms with van der Waals surface area (Å²) in [4.78, 5) is 19.8. The van der Waals surface area contributed by atoms with Gasteiger partial charge in [-0.25, -0.2) is 19.9 Å². The van der Waals surface area contributed by atoms with Gasteiger partial charge in [0.2, 0.25) is 0 Å². The van der Waals surface area contributed by atoms with Crippen molar-refractivity contribution in [1.82, 2.24) is 24.5 Å². The molecule has 0 bridgehead atoms. The average molecular weight is 526 g/mol. The molecule has 3 aromatic heterocycles. The smallest absolute Gasteiger partial charge is 0.182 e. The van der Waals surface area contributed by atoms with Crippen molar-refractivity contribution < 1.29 is 0 Å². The molecule has 5 nitrogen and oxygen atoms in total. The molecule has 0 fully saturated rings. The Morgan fingerprint density at radius 1 is 0.390 bits per heavy atom. The lowest BCUT2D eigenvalue weighted by Gasteiger charge is -2.11. The van der Waals surface area contributed by atoms with Gasteiger partial charge in [0.25, 0.3) is 0 Å². The molecule has 0 unspecified atom stereocenters. The van der Waals surface area contributed by atoms with Crippen LogP contribution in [0.3, 0.4) is 0 Å². The predicted octanol–water partition coefficient (Wildman–Crippen LogP) is 8.52. The summed E-state index contributed by atoms with van der Waals surface area (Å²) in [6.07, 6.45) is 0. The second-order valence-corrected chi connectivity index (χ2v) is 9.99. The lowest BCUT2D eigenvalue weighted by atomic mass is 10.1. The Bertz CT molecular complexity index is 2140. The molecule has 8 rings (SSSR count). The van der Waals surface area contributed by atoms with E-state index < -0.39 is 0 Å². The molecule has 0 radical (unpaired) electrons. The minimum absolute atomic E-state index is 0.533. The maximum atomic E-state index is 5.15. The van der Waals surface area contributed by atoms with Crippen molar-refractivity contribution in [3.8, 4) is 40.1 Å². The number of aromatic nitrogens is 5. The molecule has 0 spiro atoms. The summed E-state index contributed by atoms with van der Waals surface area (Å²) in [5.41, 5.74) is 4.76. The van der Waals surface area contributed by atoms with Crippen LogP contribution in [0.15, 0.2) is 140 Å². The van der Waals surface area contributed by atoms with Crippen LogP contribution >= 0.6 is 0 Å². The lowest BCUT2D eigenvalue weighted by Crippen LogP contribution is -2.03. The highest BCUT2D eigenvalue weighted by atomic mass is 15.1. The fraction of sp³-hybridized carbons (Fsp3) is 0.